The number of Topliss-reactive ketones (excluding diaryl/α,β-unsaturated/α-hetero) is 1. The van der Waals surface area contributed by atoms with Crippen molar-refractivity contribution in [1.29, 1.82) is 0 Å². The lowest BCUT2D eigenvalue weighted by Crippen LogP contribution is -2.58. The van der Waals surface area contributed by atoms with Crippen LogP contribution in [0.15, 0.2) is 127 Å². The van der Waals surface area contributed by atoms with Crippen LogP contribution in [-0.2, 0) is 24.6 Å². The molecule has 0 aromatic heterocycles. The Balaban J connectivity index is 1.36. The molecule has 1 saturated carbocycles. The molecule has 0 radical (unpaired) electrons. The Bertz CT molecular complexity index is 2130. The van der Waals surface area contributed by atoms with E-state index in [1.807, 2.05) is 78.9 Å². The standard InChI is InChI=1S/C43H35NO6/c1-3-25-14-16-28(17-15-25)44-41(48)31-20-19-30-33(38(31)42(44)49)23-35-40(47)32(26-10-6-4-7-11-26)24-37(46)43(35,27-12-8-5-9-13-27)39(30)34-22-29(50-2)18-21-36(34)45/h3-19,21-22,24,31,33,35,38-39,45H,1,20,23H2,2H3/t31-,33+,35-,38-,39+,43-/m0/s1. The van der Waals surface area contributed by atoms with Gasteiger partial charge in [0, 0.05) is 23.0 Å². The molecule has 1 heterocycles. The molecule has 3 aliphatic carbocycles. The first-order valence-electron chi connectivity index (χ1n) is 16.9. The number of nitrogens with zero attached hydrogens (tertiary/aromatic N) is 1. The lowest BCUT2D eigenvalue weighted by Gasteiger charge is -2.55. The molecule has 50 heavy (non-hydrogen) atoms. The number of methoxy groups -OCH3 is 1. The fraction of sp³-hybridized carbons (Fsp3) is 0.209. The average molecular weight is 662 g/mol. The molecule has 0 unspecified atom stereocenters. The second kappa shape index (κ2) is 11.9. The number of aromatic hydroxyl groups is 1. The number of hydrogen-bond donors (Lipinski definition) is 1. The number of anilines is 1. The van der Waals surface area contributed by atoms with Gasteiger partial charge in [-0.25, -0.2) is 0 Å². The minimum Gasteiger partial charge on any atom is -0.508 e. The maximum atomic E-state index is 15.1. The highest BCUT2D eigenvalue weighted by Gasteiger charge is 2.66. The smallest absolute Gasteiger partial charge is 0.238 e. The second-order valence-electron chi connectivity index (χ2n) is 13.5. The monoisotopic (exact) mass is 661 g/mol. The summed E-state index contributed by atoms with van der Waals surface area (Å²) in [6, 6.07) is 30.5. The van der Waals surface area contributed by atoms with Crippen LogP contribution in [0.2, 0.25) is 0 Å². The number of ether oxygens (including phenoxy) is 1. The maximum Gasteiger partial charge on any atom is 0.238 e. The van der Waals surface area contributed by atoms with Crippen molar-refractivity contribution in [2.75, 3.05) is 12.0 Å². The number of ketones is 2. The summed E-state index contributed by atoms with van der Waals surface area (Å²) in [5, 5.41) is 11.6. The predicted molar refractivity (Wildman–Crippen MR) is 190 cm³/mol. The van der Waals surface area contributed by atoms with E-state index in [0.717, 1.165) is 11.1 Å². The largest absolute Gasteiger partial charge is 0.508 e. The van der Waals surface area contributed by atoms with Gasteiger partial charge in [-0.05, 0) is 71.9 Å². The summed E-state index contributed by atoms with van der Waals surface area (Å²) in [6.45, 7) is 3.80. The molecule has 1 saturated heterocycles. The third-order valence-corrected chi connectivity index (χ3v) is 11.3. The van der Waals surface area contributed by atoms with Crippen LogP contribution in [0.25, 0.3) is 11.6 Å². The minimum atomic E-state index is -1.44. The van der Waals surface area contributed by atoms with Gasteiger partial charge in [-0.1, -0.05) is 97.1 Å². The van der Waals surface area contributed by atoms with Crippen molar-refractivity contribution in [2.24, 2.45) is 23.7 Å². The average Bonchev–Trinajstić information content (AvgIpc) is 3.42. The normalized spacial score (nSPS) is 27.1. The SMILES string of the molecule is C=Cc1ccc(N2C(=O)[C@H]3[C@H](CC=C4[C@H]3C[C@H]3C(=O)C(c5ccccc5)=CC(=O)[C@@]3(c3ccccc3)[C@H]4c3cc(OC)ccc3O)C2=O)cc1. The molecule has 6 atom stereocenters. The highest BCUT2D eigenvalue weighted by Crippen LogP contribution is 2.64. The molecule has 0 bridgehead atoms. The van der Waals surface area contributed by atoms with E-state index in [1.165, 1.54) is 24.2 Å². The molecule has 7 heteroatoms. The van der Waals surface area contributed by atoms with Gasteiger partial charge in [0.05, 0.1) is 30.0 Å². The molecule has 8 rings (SSSR count). The molecular formula is C43H35NO6. The molecule has 1 aliphatic heterocycles. The van der Waals surface area contributed by atoms with Crippen LogP contribution in [-0.4, -0.2) is 35.6 Å². The number of carbonyl (C=O) groups excluding carboxylic acids is 4. The predicted octanol–water partition coefficient (Wildman–Crippen LogP) is 7.07. The summed E-state index contributed by atoms with van der Waals surface area (Å²) in [5.74, 6) is -4.30. The number of benzene rings is 4. The number of hydrogen-bond acceptors (Lipinski definition) is 6. The van der Waals surface area contributed by atoms with E-state index in [1.54, 1.807) is 30.3 Å². The number of carbonyl (C=O) groups is 4. The Morgan fingerprint density at radius 1 is 0.860 bits per heavy atom. The third kappa shape index (κ3) is 4.49. The number of rotatable bonds is 6. The van der Waals surface area contributed by atoms with Crippen molar-refractivity contribution in [2.45, 2.75) is 24.2 Å². The number of phenols is 1. The zero-order valence-electron chi connectivity index (χ0n) is 27.5. The van der Waals surface area contributed by atoms with Crippen molar-refractivity contribution < 1.29 is 29.0 Å². The van der Waals surface area contributed by atoms with E-state index in [-0.39, 0.29) is 42.0 Å². The van der Waals surface area contributed by atoms with Gasteiger partial charge in [0.1, 0.15) is 11.5 Å². The van der Waals surface area contributed by atoms with E-state index in [4.69, 9.17) is 4.74 Å². The molecule has 4 aromatic rings. The maximum absolute atomic E-state index is 15.1. The Labute approximate surface area is 290 Å². The van der Waals surface area contributed by atoms with Crippen LogP contribution < -0.4 is 9.64 Å². The van der Waals surface area contributed by atoms with E-state index >= 15 is 9.59 Å². The fourth-order valence-electron chi connectivity index (χ4n) is 9.12. The van der Waals surface area contributed by atoms with Crippen LogP contribution in [0.1, 0.15) is 41.0 Å². The molecule has 1 N–H and O–H groups in total. The first kappa shape index (κ1) is 31.4. The molecule has 2 fully saturated rings. The van der Waals surface area contributed by atoms with Crippen molar-refractivity contribution in [3.05, 3.63) is 150 Å². The molecule has 248 valence electrons. The van der Waals surface area contributed by atoms with Gasteiger partial charge >= 0.3 is 0 Å². The Morgan fingerprint density at radius 3 is 2.24 bits per heavy atom. The van der Waals surface area contributed by atoms with Crippen molar-refractivity contribution >= 4 is 40.7 Å². The fourth-order valence-corrected chi connectivity index (χ4v) is 9.12. The quantitative estimate of drug-likeness (QED) is 0.175. The van der Waals surface area contributed by atoms with E-state index in [2.05, 4.69) is 6.58 Å². The molecule has 7 nitrogen and oxygen atoms in total. The summed E-state index contributed by atoms with van der Waals surface area (Å²) in [4.78, 5) is 60.0. The number of imide groups is 1. The Kier molecular flexibility index (Phi) is 7.52. The molecule has 4 aliphatic rings. The molecular weight excluding hydrogens is 626 g/mol. The summed E-state index contributed by atoms with van der Waals surface area (Å²) >= 11 is 0. The minimum absolute atomic E-state index is 0.0515. The molecule has 0 spiro atoms. The van der Waals surface area contributed by atoms with Gasteiger partial charge < -0.3 is 9.84 Å². The van der Waals surface area contributed by atoms with Crippen molar-refractivity contribution in [3.63, 3.8) is 0 Å². The van der Waals surface area contributed by atoms with E-state index in [9.17, 15) is 14.7 Å². The molecule has 2 amide bonds. The zero-order valence-corrected chi connectivity index (χ0v) is 27.5. The summed E-state index contributed by atoms with van der Waals surface area (Å²) in [6.07, 6.45) is 5.62. The van der Waals surface area contributed by atoms with E-state index < -0.39 is 35.0 Å². The lowest BCUT2D eigenvalue weighted by atomic mass is 9.44. The van der Waals surface area contributed by atoms with Crippen LogP contribution in [0.4, 0.5) is 5.69 Å². The van der Waals surface area contributed by atoms with Crippen LogP contribution in [0, 0.1) is 23.7 Å². The van der Waals surface area contributed by atoms with Crippen LogP contribution in [0.3, 0.4) is 0 Å². The number of amides is 2. The van der Waals surface area contributed by atoms with Crippen molar-refractivity contribution in [3.8, 4) is 11.5 Å². The van der Waals surface area contributed by atoms with Gasteiger partial charge in [-0.3, -0.25) is 24.1 Å². The highest BCUT2D eigenvalue weighted by atomic mass is 16.5. The van der Waals surface area contributed by atoms with Gasteiger partial charge in [-0.15, -0.1) is 0 Å². The second-order valence-corrected chi connectivity index (χ2v) is 13.5. The topological polar surface area (TPSA) is 101 Å². The van der Waals surface area contributed by atoms with E-state index in [0.29, 0.717) is 33.7 Å². The first-order valence-corrected chi connectivity index (χ1v) is 16.9. The number of phenolic OH excluding ortho intramolecular Hbond substituents is 1. The van der Waals surface area contributed by atoms with Crippen molar-refractivity contribution in [1.82, 2.24) is 0 Å². The van der Waals surface area contributed by atoms with Crippen LogP contribution in [0.5, 0.6) is 11.5 Å². The number of allylic oxidation sites excluding steroid dienone is 4. The summed E-state index contributed by atoms with van der Waals surface area (Å²) in [5.41, 5.74) is 2.71. The Hall–Kier alpha value is -5.82. The molecule has 4 aromatic carbocycles. The van der Waals surface area contributed by atoms with Gasteiger partial charge in [0.2, 0.25) is 11.8 Å². The van der Waals surface area contributed by atoms with Crippen LogP contribution >= 0.6 is 0 Å². The van der Waals surface area contributed by atoms with Gasteiger partial charge in [-0.2, -0.15) is 0 Å². The zero-order chi connectivity index (χ0) is 34.7. The Morgan fingerprint density at radius 2 is 1.56 bits per heavy atom. The van der Waals surface area contributed by atoms with Gasteiger partial charge in [0.25, 0.3) is 0 Å². The summed E-state index contributed by atoms with van der Waals surface area (Å²) in [7, 11) is 1.53. The number of fused-ring (bicyclic) bond motifs is 4. The lowest BCUT2D eigenvalue weighted by molar-refractivity contribution is -0.135. The van der Waals surface area contributed by atoms with Gasteiger partial charge in [0.15, 0.2) is 11.6 Å². The highest BCUT2D eigenvalue weighted by molar-refractivity contribution is 6.32. The first-order chi connectivity index (χ1) is 24.3. The summed E-state index contributed by atoms with van der Waals surface area (Å²) < 4.78 is 5.61. The third-order valence-electron chi connectivity index (χ3n) is 11.3.